The molecule has 0 saturated carbocycles. The summed E-state index contributed by atoms with van der Waals surface area (Å²) >= 11 is 0. The van der Waals surface area contributed by atoms with Crippen LogP contribution in [0.15, 0.2) is 175 Å². The maximum Gasteiger partial charge on any atom is 0.238 e. The molecule has 7 aromatic carbocycles. The van der Waals surface area contributed by atoms with Crippen molar-refractivity contribution < 1.29 is 4.42 Å². The molecule has 1 aliphatic carbocycles. The number of aromatic nitrogens is 4. The monoisotopic (exact) mass is 692 g/mol. The minimum atomic E-state index is 0.572. The topological polar surface area (TPSA) is 56.7 Å². The van der Waals surface area contributed by atoms with Crippen molar-refractivity contribution in [3.8, 4) is 51.0 Å². The number of benzene rings is 7. The van der Waals surface area contributed by atoms with E-state index in [1.807, 2.05) is 48.9 Å². The van der Waals surface area contributed by atoms with Crippen molar-refractivity contribution in [3.05, 3.63) is 193 Å². The Hall–Kier alpha value is -7.11. The van der Waals surface area contributed by atoms with E-state index in [4.69, 9.17) is 19.4 Å². The third-order valence-corrected chi connectivity index (χ3v) is 10.9. The first kappa shape index (κ1) is 30.5. The van der Waals surface area contributed by atoms with Crippen LogP contribution in [-0.2, 0) is 12.8 Å². The highest BCUT2D eigenvalue weighted by Crippen LogP contribution is 2.48. The zero-order valence-electron chi connectivity index (χ0n) is 29.3. The largest absolute Gasteiger partial charge is 0.471 e. The third kappa shape index (κ3) is 4.75. The van der Waals surface area contributed by atoms with Crippen molar-refractivity contribution in [3.63, 3.8) is 0 Å². The van der Waals surface area contributed by atoms with Crippen LogP contribution in [0.5, 0.6) is 0 Å². The van der Waals surface area contributed by atoms with Crippen molar-refractivity contribution in [2.24, 2.45) is 0 Å². The van der Waals surface area contributed by atoms with Gasteiger partial charge in [-0.25, -0.2) is 4.98 Å². The van der Waals surface area contributed by atoms with Gasteiger partial charge in [0.05, 0.1) is 23.6 Å². The molecule has 0 radical (unpaired) electrons. The van der Waals surface area contributed by atoms with E-state index in [-0.39, 0.29) is 0 Å². The van der Waals surface area contributed by atoms with Gasteiger partial charge in [-0.1, -0.05) is 152 Å². The Morgan fingerprint density at radius 1 is 0.444 bits per heavy atom. The average molecular weight is 693 g/mol. The maximum absolute atomic E-state index is 6.18. The summed E-state index contributed by atoms with van der Waals surface area (Å²) in [5.74, 6) is 1.82. The van der Waals surface area contributed by atoms with Crippen LogP contribution in [0.3, 0.4) is 0 Å². The molecule has 0 saturated heterocycles. The molecule has 3 aromatic heterocycles. The molecule has 10 aromatic rings. The average Bonchev–Trinajstić information content (AvgIpc) is 3.86. The number of furan rings is 1. The van der Waals surface area contributed by atoms with E-state index >= 15 is 0 Å². The lowest BCUT2D eigenvalue weighted by Gasteiger charge is -2.23. The lowest BCUT2D eigenvalue weighted by atomic mass is 9.82. The summed E-state index contributed by atoms with van der Waals surface area (Å²) < 4.78 is 8.45. The van der Waals surface area contributed by atoms with Crippen molar-refractivity contribution in [2.45, 2.75) is 12.8 Å². The summed E-state index contributed by atoms with van der Waals surface area (Å²) in [6.07, 6.45) is 5.34. The van der Waals surface area contributed by atoms with Gasteiger partial charge in [-0.15, -0.1) is 0 Å². The molecule has 54 heavy (non-hydrogen) atoms. The predicted molar refractivity (Wildman–Crippen MR) is 218 cm³/mol. The molecule has 0 N–H and O–H groups in total. The van der Waals surface area contributed by atoms with Crippen LogP contribution < -0.4 is 0 Å². The fourth-order valence-electron chi connectivity index (χ4n) is 8.54. The van der Waals surface area contributed by atoms with Gasteiger partial charge in [-0.05, 0) is 57.0 Å². The minimum Gasteiger partial charge on any atom is -0.471 e. The van der Waals surface area contributed by atoms with Crippen molar-refractivity contribution in [1.82, 2.24) is 19.5 Å². The Labute approximate surface area is 311 Å². The van der Waals surface area contributed by atoms with Gasteiger partial charge in [0.15, 0.2) is 11.6 Å². The number of fused-ring (bicyclic) bond motifs is 13. The molecule has 254 valence electrons. The molecule has 0 spiro atoms. The third-order valence-electron chi connectivity index (χ3n) is 10.9. The van der Waals surface area contributed by atoms with Crippen LogP contribution >= 0.6 is 0 Å². The number of hydrogen-bond donors (Lipinski definition) is 0. The van der Waals surface area contributed by atoms with Crippen LogP contribution in [-0.4, -0.2) is 19.5 Å². The van der Waals surface area contributed by atoms with E-state index < -0.39 is 0 Å². The van der Waals surface area contributed by atoms with Crippen molar-refractivity contribution in [1.29, 1.82) is 0 Å². The number of rotatable bonds is 3. The second kappa shape index (κ2) is 12.2. The Kier molecular flexibility index (Phi) is 6.92. The summed E-state index contributed by atoms with van der Waals surface area (Å²) in [5.41, 5.74) is 13.9. The van der Waals surface area contributed by atoms with Gasteiger partial charge in [0, 0.05) is 39.1 Å². The quantitative estimate of drug-likeness (QED) is 0.185. The SMILES string of the molecule is c1ccc(-c2nc(-c3ccccc3)nc(-n3c4ccccc4c4c5cocc5c5c(c43)Cc3ccccc3-c3ccccc3Cc3ccccc3-5)n2)cc1. The summed E-state index contributed by atoms with van der Waals surface area (Å²) in [6, 6.07) is 55.6. The van der Waals surface area contributed by atoms with Gasteiger partial charge in [0.2, 0.25) is 5.95 Å². The fraction of sp³-hybridized carbons (Fsp3) is 0.0408. The Balaban J connectivity index is 1.32. The van der Waals surface area contributed by atoms with E-state index in [1.54, 1.807) is 0 Å². The minimum absolute atomic E-state index is 0.572. The lowest BCUT2D eigenvalue weighted by molar-refractivity contribution is 0.572. The molecular formula is C49H32N4O. The summed E-state index contributed by atoms with van der Waals surface area (Å²) in [6.45, 7) is 0. The van der Waals surface area contributed by atoms with Crippen LogP contribution in [0.1, 0.15) is 22.3 Å². The maximum atomic E-state index is 6.18. The highest BCUT2D eigenvalue weighted by atomic mass is 16.3. The van der Waals surface area contributed by atoms with E-state index in [2.05, 4.69) is 126 Å². The van der Waals surface area contributed by atoms with E-state index in [9.17, 15) is 0 Å². The standard InChI is InChI=1S/C49H32N4O/c1-3-15-31(16-4-1)47-50-48(32-17-5-2-6-18-32)52-49(51-47)53-43-26-14-13-25-39(43)45-42-30-54-29-41(42)44-38-24-12-9-20-34(38)27-33-19-7-10-22-36(33)37-23-11-8-21-35(37)28-40(44)46(45)53/h1-26,29-30H,27-28H2. The molecule has 0 fully saturated rings. The van der Waals surface area contributed by atoms with Crippen LogP contribution in [0.2, 0.25) is 0 Å². The molecule has 0 aliphatic heterocycles. The molecule has 0 bridgehead atoms. The second-order valence-corrected chi connectivity index (χ2v) is 14.0. The second-order valence-electron chi connectivity index (χ2n) is 14.0. The molecule has 1 aliphatic rings. The van der Waals surface area contributed by atoms with Crippen LogP contribution in [0, 0.1) is 0 Å². The van der Waals surface area contributed by atoms with Gasteiger partial charge >= 0.3 is 0 Å². The highest BCUT2D eigenvalue weighted by molar-refractivity contribution is 6.25. The smallest absolute Gasteiger partial charge is 0.238 e. The molecule has 0 unspecified atom stereocenters. The molecular weight excluding hydrogens is 661 g/mol. The van der Waals surface area contributed by atoms with Crippen LogP contribution in [0.4, 0.5) is 0 Å². The highest BCUT2D eigenvalue weighted by Gasteiger charge is 2.28. The Bertz CT molecular complexity index is 2990. The molecule has 11 rings (SSSR count). The molecule has 3 heterocycles. The summed E-state index contributed by atoms with van der Waals surface area (Å²) in [7, 11) is 0. The van der Waals surface area contributed by atoms with Gasteiger partial charge in [0.25, 0.3) is 0 Å². The van der Waals surface area contributed by atoms with E-state index in [0.29, 0.717) is 24.0 Å². The first-order chi connectivity index (χ1) is 26.8. The van der Waals surface area contributed by atoms with Crippen LogP contribution in [0.25, 0.3) is 83.6 Å². The zero-order valence-corrected chi connectivity index (χ0v) is 29.3. The Morgan fingerprint density at radius 3 is 1.63 bits per heavy atom. The predicted octanol–water partition coefficient (Wildman–Crippen LogP) is 11.9. The summed E-state index contributed by atoms with van der Waals surface area (Å²) in [4.78, 5) is 15.7. The molecule has 0 amide bonds. The zero-order chi connectivity index (χ0) is 35.6. The van der Waals surface area contributed by atoms with Gasteiger partial charge in [0.1, 0.15) is 0 Å². The lowest BCUT2D eigenvalue weighted by Crippen LogP contribution is -2.09. The number of hydrogen-bond acceptors (Lipinski definition) is 4. The Morgan fingerprint density at radius 2 is 0.963 bits per heavy atom. The van der Waals surface area contributed by atoms with E-state index in [1.165, 1.54) is 44.5 Å². The molecule has 0 atom stereocenters. The van der Waals surface area contributed by atoms with Gasteiger partial charge in [-0.3, -0.25) is 4.57 Å². The summed E-state index contributed by atoms with van der Waals surface area (Å²) in [5, 5.41) is 4.42. The number of nitrogens with zero attached hydrogens (tertiary/aromatic N) is 4. The van der Waals surface area contributed by atoms with Crippen molar-refractivity contribution >= 4 is 32.6 Å². The van der Waals surface area contributed by atoms with E-state index in [0.717, 1.165) is 50.1 Å². The normalized spacial score (nSPS) is 12.3. The van der Waals surface area contributed by atoms with Gasteiger partial charge in [-0.2, -0.15) is 9.97 Å². The fourth-order valence-corrected chi connectivity index (χ4v) is 8.54. The number of para-hydroxylation sites is 1. The molecule has 5 heteroatoms. The van der Waals surface area contributed by atoms with Crippen molar-refractivity contribution in [2.75, 3.05) is 0 Å². The van der Waals surface area contributed by atoms with Gasteiger partial charge < -0.3 is 4.42 Å². The first-order valence-corrected chi connectivity index (χ1v) is 18.4. The first-order valence-electron chi connectivity index (χ1n) is 18.4. The molecule has 5 nitrogen and oxygen atoms in total.